The molecule has 26 heavy (non-hydrogen) atoms. The first kappa shape index (κ1) is 21.6. The van der Waals surface area contributed by atoms with Crippen LogP contribution >= 0.6 is 0 Å². The molecule has 1 aromatic carbocycles. The first-order valence-corrected chi connectivity index (χ1v) is 8.98. The van der Waals surface area contributed by atoms with E-state index in [0.29, 0.717) is 0 Å². The number of carbonyl (C=O) groups is 3. The molecule has 0 bridgehead atoms. The maximum absolute atomic E-state index is 12.8. The number of hydrogen-bond donors (Lipinski definition) is 2. The molecule has 0 aromatic heterocycles. The maximum Gasteiger partial charge on any atom is 0.339 e. The summed E-state index contributed by atoms with van der Waals surface area (Å²) >= 11 is 0. The van der Waals surface area contributed by atoms with E-state index in [9.17, 15) is 22.8 Å². The van der Waals surface area contributed by atoms with Gasteiger partial charge in [0.05, 0.1) is 30.2 Å². The molecule has 1 rings (SSSR count). The van der Waals surface area contributed by atoms with Crippen LogP contribution < -0.4 is 4.72 Å². The van der Waals surface area contributed by atoms with Gasteiger partial charge in [-0.15, -0.1) is 0 Å². The highest BCUT2D eigenvalue weighted by Crippen LogP contribution is 2.23. The third-order valence-corrected chi connectivity index (χ3v) is 5.21. The molecule has 0 radical (unpaired) electrons. The fourth-order valence-electron chi connectivity index (χ4n) is 2.16. The topological polar surface area (TPSA) is 136 Å². The second-order valence-corrected chi connectivity index (χ2v) is 7.73. The molecule has 0 atom stereocenters. The first-order valence-electron chi connectivity index (χ1n) is 7.50. The Bertz CT molecular complexity index is 814. The Labute approximate surface area is 151 Å². The zero-order valence-corrected chi connectivity index (χ0v) is 15.7. The number of sulfonamides is 1. The van der Waals surface area contributed by atoms with Gasteiger partial charge in [-0.25, -0.2) is 22.7 Å². The van der Waals surface area contributed by atoms with E-state index in [1.54, 1.807) is 0 Å². The molecule has 0 saturated heterocycles. The fraction of sp³-hybridized carbons (Fsp3) is 0.438. The molecule has 0 heterocycles. The van der Waals surface area contributed by atoms with E-state index < -0.39 is 38.4 Å². The van der Waals surface area contributed by atoms with Crippen molar-refractivity contribution in [3.8, 4) is 0 Å². The minimum atomic E-state index is -4.27. The number of nitrogens with one attached hydrogen (secondary N) is 1. The zero-order valence-electron chi connectivity index (χ0n) is 14.9. The first-order chi connectivity index (χ1) is 11.9. The van der Waals surface area contributed by atoms with Crippen LogP contribution in [0.3, 0.4) is 0 Å². The van der Waals surface area contributed by atoms with Gasteiger partial charge in [0.1, 0.15) is 0 Å². The average molecular weight is 387 g/mol. The van der Waals surface area contributed by atoms with Crippen LogP contribution in [-0.2, 0) is 24.3 Å². The number of carboxylic acid groups (broad SMARTS) is 1. The summed E-state index contributed by atoms with van der Waals surface area (Å²) in [5.74, 6) is -2.74. The maximum atomic E-state index is 12.8. The lowest BCUT2D eigenvalue weighted by atomic mass is 10.0. The Morgan fingerprint density at radius 1 is 1.12 bits per heavy atom. The zero-order chi connectivity index (χ0) is 20.1. The van der Waals surface area contributed by atoms with Crippen molar-refractivity contribution in [1.29, 1.82) is 0 Å². The van der Waals surface area contributed by atoms with Crippen LogP contribution in [0.15, 0.2) is 23.1 Å². The molecule has 144 valence electrons. The molecule has 0 spiro atoms. The molecule has 0 aliphatic carbocycles. The van der Waals surface area contributed by atoms with Crippen LogP contribution in [0.2, 0.25) is 0 Å². The van der Waals surface area contributed by atoms with Gasteiger partial charge in [-0.3, -0.25) is 4.79 Å². The molecular formula is C16H21NO8S. The quantitative estimate of drug-likeness (QED) is 0.635. The fourth-order valence-corrected chi connectivity index (χ4v) is 3.82. The number of benzene rings is 1. The summed E-state index contributed by atoms with van der Waals surface area (Å²) in [5.41, 5.74) is -1.43. The molecule has 10 heteroatoms. The van der Waals surface area contributed by atoms with Crippen LogP contribution in [0, 0.1) is 0 Å². The lowest BCUT2D eigenvalue weighted by Gasteiger charge is -2.26. The highest BCUT2D eigenvalue weighted by molar-refractivity contribution is 7.89. The number of rotatable bonds is 8. The normalized spacial score (nSPS) is 11.7. The predicted molar refractivity (Wildman–Crippen MR) is 90.4 cm³/mol. The number of esters is 2. The number of carboxylic acids is 1. The molecule has 0 aliphatic rings. The Hall–Kier alpha value is -2.46. The summed E-state index contributed by atoms with van der Waals surface area (Å²) in [7, 11) is -2.04. The highest BCUT2D eigenvalue weighted by Gasteiger charge is 2.31. The van der Waals surface area contributed by atoms with Gasteiger partial charge >= 0.3 is 17.9 Å². The summed E-state index contributed by atoms with van der Waals surface area (Å²) < 4.78 is 37.1. The van der Waals surface area contributed by atoms with Gasteiger partial charge in [0.15, 0.2) is 0 Å². The summed E-state index contributed by atoms with van der Waals surface area (Å²) in [5, 5.41) is 8.78. The molecular weight excluding hydrogens is 366 g/mol. The van der Waals surface area contributed by atoms with Crippen LogP contribution in [0.5, 0.6) is 0 Å². The van der Waals surface area contributed by atoms with E-state index in [2.05, 4.69) is 14.2 Å². The van der Waals surface area contributed by atoms with Crippen LogP contribution in [0.4, 0.5) is 0 Å². The van der Waals surface area contributed by atoms with Crippen molar-refractivity contribution < 1.29 is 37.4 Å². The van der Waals surface area contributed by atoms with Gasteiger partial charge in [-0.05, 0) is 38.5 Å². The van der Waals surface area contributed by atoms with E-state index in [1.807, 2.05) is 0 Å². The molecule has 9 nitrogen and oxygen atoms in total. The number of carbonyl (C=O) groups excluding carboxylic acids is 2. The number of aliphatic carboxylic acids is 1. The van der Waals surface area contributed by atoms with Gasteiger partial charge in [0, 0.05) is 12.0 Å². The van der Waals surface area contributed by atoms with Gasteiger partial charge in [-0.2, -0.15) is 0 Å². The third-order valence-electron chi connectivity index (χ3n) is 3.47. The molecule has 0 amide bonds. The van der Waals surface area contributed by atoms with E-state index in [-0.39, 0.29) is 24.0 Å². The summed E-state index contributed by atoms with van der Waals surface area (Å²) in [6, 6.07) is 3.40. The van der Waals surface area contributed by atoms with Crippen LogP contribution in [-0.4, -0.2) is 51.2 Å². The Morgan fingerprint density at radius 3 is 2.19 bits per heavy atom. The van der Waals surface area contributed by atoms with E-state index in [0.717, 1.165) is 26.4 Å². The van der Waals surface area contributed by atoms with Gasteiger partial charge in [-0.1, -0.05) is 0 Å². The number of methoxy groups -OCH3 is 2. The second kappa shape index (κ2) is 8.28. The molecule has 2 N–H and O–H groups in total. The van der Waals surface area contributed by atoms with Crippen molar-refractivity contribution >= 4 is 27.9 Å². The van der Waals surface area contributed by atoms with E-state index in [4.69, 9.17) is 5.11 Å². The minimum absolute atomic E-state index is 0.0197. The average Bonchev–Trinajstić information content (AvgIpc) is 2.57. The lowest BCUT2D eigenvalue weighted by molar-refractivity contribution is -0.137. The summed E-state index contributed by atoms with van der Waals surface area (Å²) in [6.07, 6.45) is -0.229. The van der Waals surface area contributed by atoms with Crippen molar-refractivity contribution in [3.63, 3.8) is 0 Å². The smallest absolute Gasteiger partial charge is 0.339 e. The van der Waals surface area contributed by atoms with E-state index in [1.165, 1.54) is 19.9 Å². The molecule has 0 unspecified atom stereocenters. The lowest BCUT2D eigenvalue weighted by Crippen LogP contribution is -2.44. The van der Waals surface area contributed by atoms with Crippen LogP contribution in [0.25, 0.3) is 0 Å². The number of hydrogen-bond acceptors (Lipinski definition) is 7. The van der Waals surface area contributed by atoms with Crippen molar-refractivity contribution in [1.82, 2.24) is 4.72 Å². The third kappa shape index (κ3) is 5.53. The Kier molecular flexibility index (Phi) is 6.87. The molecule has 0 saturated carbocycles. The summed E-state index contributed by atoms with van der Waals surface area (Å²) in [6.45, 7) is 3.02. The molecule has 0 aliphatic heterocycles. The molecule has 0 fully saturated rings. The minimum Gasteiger partial charge on any atom is -0.481 e. The second-order valence-electron chi connectivity index (χ2n) is 6.08. The van der Waals surface area contributed by atoms with Crippen molar-refractivity contribution in [2.75, 3.05) is 14.2 Å². The Balaban J connectivity index is 3.37. The Morgan fingerprint density at radius 2 is 1.69 bits per heavy atom. The van der Waals surface area contributed by atoms with Gasteiger partial charge in [0.2, 0.25) is 10.0 Å². The van der Waals surface area contributed by atoms with Crippen molar-refractivity contribution in [2.45, 2.75) is 37.1 Å². The van der Waals surface area contributed by atoms with Crippen molar-refractivity contribution in [2.24, 2.45) is 0 Å². The van der Waals surface area contributed by atoms with E-state index >= 15 is 0 Å². The summed E-state index contributed by atoms with van der Waals surface area (Å²) in [4.78, 5) is 33.9. The van der Waals surface area contributed by atoms with Crippen LogP contribution in [0.1, 0.15) is 47.4 Å². The monoisotopic (exact) mass is 387 g/mol. The van der Waals surface area contributed by atoms with Gasteiger partial charge < -0.3 is 14.6 Å². The van der Waals surface area contributed by atoms with Crippen molar-refractivity contribution in [3.05, 3.63) is 29.3 Å². The number of ether oxygens (including phenoxy) is 2. The predicted octanol–water partition coefficient (Wildman–Crippen LogP) is 1.18. The molecule has 1 aromatic rings. The largest absolute Gasteiger partial charge is 0.481 e. The highest BCUT2D eigenvalue weighted by atomic mass is 32.2. The van der Waals surface area contributed by atoms with Gasteiger partial charge in [0.25, 0.3) is 0 Å². The standard InChI is InChI=1S/C16H21NO8S/c1-16(2,8-7-13(18)19)17-26(22,23)12-9-10(14(20)24-3)5-6-11(12)15(21)25-4/h5-6,9,17H,7-8H2,1-4H3,(H,18,19). The SMILES string of the molecule is COC(=O)c1ccc(C(=O)OC)c(S(=O)(=O)NC(C)(C)CCC(=O)O)c1.